The van der Waals surface area contributed by atoms with Gasteiger partial charge in [-0.05, 0) is 36.4 Å². The zero-order valence-corrected chi connectivity index (χ0v) is 17.7. The quantitative estimate of drug-likeness (QED) is 0.630. The molecule has 8 heteroatoms. The smallest absolute Gasteiger partial charge is 0.184 e. The second-order valence-electron chi connectivity index (χ2n) is 6.83. The molecule has 0 saturated carbocycles. The molecule has 7 nitrogen and oxygen atoms in total. The number of nitrogens with zero attached hydrogens (tertiary/aromatic N) is 2. The van der Waals surface area contributed by atoms with E-state index >= 15 is 0 Å². The van der Waals surface area contributed by atoms with Gasteiger partial charge in [0.05, 0.1) is 19.9 Å². The summed E-state index contributed by atoms with van der Waals surface area (Å²) in [5.74, 6) is 2.20. The van der Waals surface area contributed by atoms with Gasteiger partial charge < -0.3 is 30.0 Å². The Morgan fingerprint density at radius 1 is 1.00 bits per heavy atom. The molecule has 1 saturated heterocycles. The maximum absolute atomic E-state index is 10.3. The number of hydrogen-bond donors (Lipinski definition) is 2. The molecule has 3 rings (SSSR count). The minimum Gasteiger partial charge on any atom is -0.493 e. The van der Waals surface area contributed by atoms with Crippen molar-refractivity contribution < 1.29 is 19.3 Å². The Kier molecular flexibility index (Phi) is 8.70. The Hall–Kier alpha value is -2.35. The van der Waals surface area contributed by atoms with E-state index in [-0.39, 0.29) is 19.0 Å². The minimum atomic E-state index is -0.546. The van der Waals surface area contributed by atoms with Gasteiger partial charge in [0.2, 0.25) is 0 Å². The summed E-state index contributed by atoms with van der Waals surface area (Å²) in [7, 11) is 3.31. The van der Waals surface area contributed by atoms with Gasteiger partial charge in [-0.3, -0.25) is 4.90 Å². The summed E-state index contributed by atoms with van der Waals surface area (Å²) < 4.78 is 16.6. The molecule has 1 aliphatic rings. The van der Waals surface area contributed by atoms with Crippen LogP contribution in [0, 0.1) is 0 Å². The number of aliphatic hydroxyl groups excluding tert-OH is 1. The number of β-amino-alcohol motifs (C(OH)–C–C–N with tert-alkyl or cyclic N) is 1. The SMILES string of the molecule is COc1cccc(N2CCN(CC(O)COc3ccc(N)cc3)CC2)c1OC.Cl. The van der Waals surface area contributed by atoms with Crippen molar-refractivity contribution >= 4 is 23.8 Å². The predicted molar refractivity (Wildman–Crippen MR) is 118 cm³/mol. The van der Waals surface area contributed by atoms with Gasteiger partial charge in [-0.1, -0.05) is 6.07 Å². The van der Waals surface area contributed by atoms with Gasteiger partial charge in [0.15, 0.2) is 11.5 Å². The molecule has 29 heavy (non-hydrogen) atoms. The van der Waals surface area contributed by atoms with Gasteiger partial charge in [-0.2, -0.15) is 0 Å². The van der Waals surface area contributed by atoms with Crippen LogP contribution in [0.1, 0.15) is 0 Å². The molecule has 1 fully saturated rings. The third-order valence-electron chi connectivity index (χ3n) is 4.89. The number of ether oxygens (including phenoxy) is 3. The number of methoxy groups -OCH3 is 2. The highest BCUT2D eigenvalue weighted by atomic mass is 35.5. The Morgan fingerprint density at radius 2 is 1.69 bits per heavy atom. The van der Waals surface area contributed by atoms with Crippen molar-refractivity contribution in [1.29, 1.82) is 0 Å². The van der Waals surface area contributed by atoms with Crippen LogP contribution in [0.25, 0.3) is 0 Å². The van der Waals surface area contributed by atoms with Gasteiger partial charge in [0.25, 0.3) is 0 Å². The first kappa shape index (κ1) is 22.9. The second-order valence-corrected chi connectivity index (χ2v) is 6.83. The van der Waals surface area contributed by atoms with E-state index in [9.17, 15) is 5.11 Å². The van der Waals surface area contributed by atoms with Crippen molar-refractivity contribution in [2.75, 3.05) is 64.2 Å². The molecular weight excluding hydrogens is 394 g/mol. The zero-order chi connectivity index (χ0) is 19.9. The van der Waals surface area contributed by atoms with Crippen LogP contribution in [-0.4, -0.2) is 69.7 Å². The Morgan fingerprint density at radius 3 is 2.31 bits per heavy atom. The number of nitrogen functional groups attached to an aromatic ring is 1. The topological polar surface area (TPSA) is 80.4 Å². The average molecular weight is 424 g/mol. The van der Waals surface area contributed by atoms with Crippen LogP contribution in [0.2, 0.25) is 0 Å². The van der Waals surface area contributed by atoms with Gasteiger partial charge in [0.1, 0.15) is 18.5 Å². The number of halogens is 1. The second kappa shape index (κ2) is 11.0. The number of rotatable bonds is 8. The Balaban J connectivity index is 0.00000300. The third-order valence-corrected chi connectivity index (χ3v) is 4.89. The number of benzene rings is 2. The number of aliphatic hydroxyl groups is 1. The van der Waals surface area contributed by atoms with Crippen LogP contribution in [0.15, 0.2) is 42.5 Å². The molecule has 2 aromatic rings. The molecule has 1 heterocycles. The number of para-hydroxylation sites is 1. The van der Waals surface area contributed by atoms with Gasteiger partial charge in [0, 0.05) is 38.4 Å². The molecule has 1 atom stereocenters. The molecule has 0 aromatic heterocycles. The van der Waals surface area contributed by atoms with Crippen molar-refractivity contribution in [2.45, 2.75) is 6.10 Å². The normalized spacial score (nSPS) is 15.3. The Bertz CT molecular complexity index is 752. The number of nitrogens with two attached hydrogens (primary N) is 1. The average Bonchev–Trinajstić information content (AvgIpc) is 2.73. The molecule has 1 aliphatic heterocycles. The summed E-state index contributed by atoms with van der Waals surface area (Å²) >= 11 is 0. The third kappa shape index (κ3) is 6.06. The van der Waals surface area contributed by atoms with E-state index in [1.165, 1.54) is 0 Å². The maximum Gasteiger partial charge on any atom is 0.184 e. The lowest BCUT2D eigenvalue weighted by Gasteiger charge is -2.37. The van der Waals surface area contributed by atoms with Gasteiger partial charge in [-0.15, -0.1) is 12.4 Å². The lowest BCUT2D eigenvalue weighted by atomic mass is 10.2. The molecule has 2 aromatic carbocycles. The van der Waals surface area contributed by atoms with Crippen LogP contribution >= 0.6 is 12.4 Å². The fourth-order valence-corrected chi connectivity index (χ4v) is 3.40. The molecule has 1 unspecified atom stereocenters. The molecule has 0 bridgehead atoms. The summed E-state index contributed by atoms with van der Waals surface area (Å²) in [5, 5.41) is 10.3. The van der Waals surface area contributed by atoms with Crippen molar-refractivity contribution in [3.63, 3.8) is 0 Å². The van der Waals surface area contributed by atoms with Crippen molar-refractivity contribution in [3.05, 3.63) is 42.5 Å². The van der Waals surface area contributed by atoms with E-state index in [2.05, 4.69) is 9.80 Å². The monoisotopic (exact) mass is 423 g/mol. The van der Waals surface area contributed by atoms with Crippen LogP contribution < -0.4 is 24.8 Å². The van der Waals surface area contributed by atoms with Crippen LogP contribution in [0.5, 0.6) is 17.2 Å². The predicted octanol–water partition coefficient (Wildman–Crippen LogP) is 2.27. The van der Waals surface area contributed by atoms with Crippen molar-refractivity contribution in [2.24, 2.45) is 0 Å². The van der Waals surface area contributed by atoms with E-state index in [1.807, 2.05) is 30.3 Å². The van der Waals surface area contributed by atoms with Crippen LogP contribution in [0.3, 0.4) is 0 Å². The minimum absolute atomic E-state index is 0. The summed E-state index contributed by atoms with van der Waals surface area (Å²) in [6.07, 6.45) is -0.546. The van der Waals surface area contributed by atoms with E-state index < -0.39 is 6.10 Å². The highest BCUT2D eigenvalue weighted by Gasteiger charge is 2.23. The first-order valence-electron chi connectivity index (χ1n) is 9.45. The lowest BCUT2D eigenvalue weighted by Crippen LogP contribution is -2.49. The summed E-state index contributed by atoms with van der Waals surface area (Å²) in [6.45, 7) is 4.27. The van der Waals surface area contributed by atoms with E-state index in [4.69, 9.17) is 19.9 Å². The van der Waals surface area contributed by atoms with E-state index in [1.54, 1.807) is 26.4 Å². The summed E-state index contributed by atoms with van der Waals surface area (Å²) in [6, 6.07) is 13.1. The molecule has 0 amide bonds. The molecule has 0 aliphatic carbocycles. The maximum atomic E-state index is 10.3. The van der Waals surface area contributed by atoms with Crippen LogP contribution in [0.4, 0.5) is 11.4 Å². The summed E-state index contributed by atoms with van der Waals surface area (Å²) in [4.78, 5) is 4.54. The van der Waals surface area contributed by atoms with E-state index in [0.29, 0.717) is 18.0 Å². The highest BCUT2D eigenvalue weighted by molar-refractivity contribution is 5.85. The molecule has 160 valence electrons. The van der Waals surface area contributed by atoms with Crippen LogP contribution in [-0.2, 0) is 0 Å². The number of hydrogen-bond acceptors (Lipinski definition) is 7. The fourth-order valence-electron chi connectivity index (χ4n) is 3.40. The first-order chi connectivity index (χ1) is 13.6. The largest absolute Gasteiger partial charge is 0.493 e. The number of piperazine rings is 1. The lowest BCUT2D eigenvalue weighted by molar-refractivity contribution is 0.0663. The first-order valence-corrected chi connectivity index (χ1v) is 9.45. The fraction of sp³-hybridized carbons (Fsp3) is 0.429. The summed E-state index contributed by atoms with van der Waals surface area (Å²) in [5.41, 5.74) is 7.39. The Labute approximate surface area is 178 Å². The highest BCUT2D eigenvalue weighted by Crippen LogP contribution is 2.37. The number of anilines is 2. The zero-order valence-electron chi connectivity index (χ0n) is 16.9. The van der Waals surface area contributed by atoms with Gasteiger partial charge in [-0.25, -0.2) is 0 Å². The standard InChI is InChI=1S/C21H29N3O4.ClH/c1-26-20-5-3-4-19(21(20)27-2)24-12-10-23(11-13-24)14-17(25)15-28-18-8-6-16(22)7-9-18;/h3-9,17,25H,10-15,22H2,1-2H3;1H. The van der Waals surface area contributed by atoms with E-state index in [0.717, 1.165) is 43.4 Å². The van der Waals surface area contributed by atoms with Crippen molar-refractivity contribution in [1.82, 2.24) is 4.90 Å². The molecule has 0 spiro atoms. The van der Waals surface area contributed by atoms with Crippen molar-refractivity contribution in [3.8, 4) is 17.2 Å². The molecular formula is C21H30ClN3O4. The van der Waals surface area contributed by atoms with Gasteiger partial charge >= 0.3 is 0 Å². The molecule has 0 radical (unpaired) electrons. The molecule has 3 N–H and O–H groups in total.